The zero-order valence-electron chi connectivity index (χ0n) is 12.6. The number of nitrogens with one attached hydrogen (secondary N) is 1. The highest BCUT2D eigenvalue weighted by molar-refractivity contribution is 5.91. The predicted octanol–water partition coefficient (Wildman–Crippen LogP) is 4.15. The van der Waals surface area contributed by atoms with Crippen LogP contribution in [0.15, 0.2) is 42.5 Å². The molecule has 0 bridgehead atoms. The Morgan fingerprint density at radius 1 is 1.08 bits per heavy atom. The fraction of sp³-hybridized carbons (Fsp3) is 0.235. The lowest BCUT2D eigenvalue weighted by Crippen LogP contribution is -2.06. The number of benzene rings is 2. The van der Waals surface area contributed by atoms with E-state index >= 15 is 0 Å². The Morgan fingerprint density at radius 2 is 1.75 bits per heavy atom. The van der Waals surface area contributed by atoms with Crippen LogP contribution < -0.4 is 5.32 Å². The fourth-order valence-electron chi connectivity index (χ4n) is 2.20. The van der Waals surface area contributed by atoms with Crippen LogP contribution in [0.2, 0.25) is 0 Å². The van der Waals surface area contributed by atoms with Crippen LogP contribution in [0.4, 0.5) is 18.9 Å². The Bertz CT molecular complexity index is 712. The number of carboxylic acid groups (broad SMARTS) is 1. The van der Waals surface area contributed by atoms with Crippen LogP contribution in [0.1, 0.15) is 27.9 Å². The maximum Gasteiger partial charge on any atom is 0.416 e. The van der Waals surface area contributed by atoms with Crippen molar-refractivity contribution in [3.05, 3.63) is 59.2 Å². The Balaban J connectivity index is 1.85. The van der Waals surface area contributed by atoms with Crippen LogP contribution in [0, 0.1) is 0 Å². The van der Waals surface area contributed by atoms with Gasteiger partial charge in [-0.2, -0.15) is 13.2 Å². The maximum absolute atomic E-state index is 12.5. The molecule has 0 aliphatic rings. The van der Waals surface area contributed by atoms with Gasteiger partial charge in [-0.25, -0.2) is 4.79 Å². The molecule has 0 atom stereocenters. The topological polar surface area (TPSA) is 69.6 Å². The number of alkyl halides is 3. The van der Waals surface area contributed by atoms with Gasteiger partial charge in [-0.05, 0) is 48.7 Å². The van der Waals surface area contributed by atoms with Crippen molar-refractivity contribution in [1.29, 1.82) is 0 Å². The van der Waals surface area contributed by atoms with Crippen LogP contribution in [0.5, 0.6) is 5.75 Å². The molecule has 2 rings (SSSR count). The van der Waals surface area contributed by atoms with Crippen molar-refractivity contribution in [2.75, 3.05) is 11.9 Å². The molecule has 0 heterocycles. The number of aryl methyl sites for hydroxylation is 1. The highest BCUT2D eigenvalue weighted by Crippen LogP contribution is 2.29. The quantitative estimate of drug-likeness (QED) is 0.546. The first kappa shape index (κ1) is 17.7. The average molecular weight is 339 g/mol. The number of anilines is 1. The van der Waals surface area contributed by atoms with E-state index < -0.39 is 17.7 Å². The van der Waals surface area contributed by atoms with E-state index in [9.17, 15) is 23.1 Å². The molecule has 2 aromatic rings. The number of halogens is 3. The lowest BCUT2D eigenvalue weighted by atomic mass is 10.1. The van der Waals surface area contributed by atoms with Crippen molar-refractivity contribution in [3.63, 3.8) is 0 Å². The van der Waals surface area contributed by atoms with E-state index in [1.54, 1.807) is 6.07 Å². The number of carboxylic acids is 1. The van der Waals surface area contributed by atoms with E-state index in [4.69, 9.17) is 5.11 Å². The fourth-order valence-corrected chi connectivity index (χ4v) is 2.20. The minimum atomic E-state index is -4.33. The minimum Gasteiger partial charge on any atom is -0.507 e. The third-order valence-electron chi connectivity index (χ3n) is 3.48. The van der Waals surface area contributed by atoms with Gasteiger partial charge in [0.25, 0.3) is 0 Å². The number of aromatic carboxylic acids is 1. The zero-order chi connectivity index (χ0) is 17.7. The van der Waals surface area contributed by atoms with Crippen molar-refractivity contribution < 1.29 is 28.2 Å². The second-order valence-electron chi connectivity index (χ2n) is 5.26. The van der Waals surface area contributed by atoms with Gasteiger partial charge in [0.15, 0.2) is 0 Å². The monoisotopic (exact) mass is 339 g/mol. The van der Waals surface area contributed by atoms with Gasteiger partial charge < -0.3 is 15.5 Å². The summed E-state index contributed by atoms with van der Waals surface area (Å²) < 4.78 is 37.4. The van der Waals surface area contributed by atoms with E-state index in [-0.39, 0.29) is 11.3 Å². The molecule has 0 unspecified atom stereocenters. The standard InChI is InChI=1S/C17H16F3NO3/c18-17(19,20)12-5-3-11(4-6-12)2-1-9-21-13-7-8-15(22)14(10-13)16(23)24/h3-8,10,21-22H,1-2,9H2,(H,23,24). The lowest BCUT2D eigenvalue weighted by molar-refractivity contribution is -0.137. The van der Waals surface area contributed by atoms with Crippen molar-refractivity contribution in [2.24, 2.45) is 0 Å². The molecular formula is C17H16F3NO3. The Kier molecular flexibility index (Phi) is 5.33. The van der Waals surface area contributed by atoms with Crippen molar-refractivity contribution >= 4 is 11.7 Å². The van der Waals surface area contributed by atoms with Crippen LogP contribution in [-0.4, -0.2) is 22.7 Å². The van der Waals surface area contributed by atoms with Crippen molar-refractivity contribution in [2.45, 2.75) is 19.0 Å². The van der Waals surface area contributed by atoms with Crippen molar-refractivity contribution in [1.82, 2.24) is 0 Å². The Morgan fingerprint density at radius 3 is 2.33 bits per heavy atom. The van der Waals surface area contributed by atoms with E-state index in [0.29, 0.717) is 25.1 Å². The molecule has 128 valence electrons. The molecule has 0 aliphatic heterocycles. The molecule has 0 aliphatic carbocycles. The second kappa shape index (κ2) is 7.25. The molecule has 0 fully saturated rings. The van der Waals surface area contributed by atoms with Gasteiger partial charge in [-0.3, -0.25) is 0 Å². The largest absolute Gasteiger partial charge is 0.507 e. The summed E-state index contributed by atoms with van der Waals surface area (Å²) >= 11 is 0. The lowest BCUT2D eigenvalue weighted by Gasteiger charge is -2.09. The van der Waals surface area contributed by atoms with E-state index in [1.165, 1.54) is 24.3 Å². The van der Waals surface area contributed by atoms with Gasteiger partial charge >= 0.3 is 12.1 Å². The average Bonchev–Trinajstić information content (AvgIpc) is 2.52. The summed E-state index contributed by atoms with van der Waals surface area (Å²) in [6.45, 7) is 0.519. The normalized spacial score (nSPS) is 11.3. The molecule has 0 saturated carbocycles. The third-order valence-corrected chi connectivity index (χ3v) is 3.48. The van der Waals surface area contributed by atoms with Gasteiger partial charge in [0.1, 0.15) is 11.3 Å². The van der Waals surface area contributed by atoms with E-state index in [0.717, 1.165) is 17.7 Å². The maximum atomic E-state index is 12.5. The van der Waals surface area contributed by atoms with Gasteiger partial charge in [-0.1, -0.05) is 12.1 Å². The second-order valence-corrected chi connectivity index (χ2v) is 5.26. The highest BCUT2D eigenvalue weighted by atomic mass is 19.4. The first-order valence-electron chi connectivity index (χ1n) is 7.23. The molecule has 0 saturated heterocycles. The summed E-state index contributed by atoms with van der Waals surface area (Å²) in [5.41, 5.74) is 0.483. The molecule has 0 radical (unpaired) electrons. The molecule has 24 heavy (non-hydrogen) atoms. The smallest absolute Gasteiger partial charge is 0.416 e. The van der Waals surface area contributed by atoms with Gasteiger partial charge in [0, 0.05) is 12.2 Å². The zero-order valence-corrected chi connectivity index (χ0v) is 12.6. The molecule has 2 aromatic carbocycles. The third kappa shape index (κ3) is 4.65. The number of hydrogen-bond donors (Lipinski definition) is 3. The van der Waals surface area contributed by atoms with Gasteiger partial charge in [-0.15, -0.1) is 0 Å². The first-order valence-corrected chi connectivity index (χ1v) is 7.23. The van der Waals surface area contributed by atoms with Gasteiger partial charge in [0.2, 0.25) is 0 Å². The Hall–Kier alpha value is -2.70. The van der Waals surface area contributed by atoms with Crippen molar-refractivity contribution in [3.8, 4) is 5.75 Å². The molecule has 3 N–H and O–H groups in total. The van der Waals surface area contributed by atoms with Crippen LogP contribution >= 0.6 is 0 Å². The summed E-state index contributed by atoms with van der Waals surface area (Å²) in [6.07, 6.45) is -3.08. The summed E-state index contributed by atoms with van der Waals surface area (Å²) in [6, 6.07) is 9.19. The van der Waals surface area contributed by atoms with Gasteiger partial charge in [0.05, 0.1) is 5.56 Å². The minimum absolute atomic E-state index is 0.192. The molecule has 0 amide bonds. The van der Waals surface area contributed by atoms with E-state index in [2.05, 4.69) is 5.32 Å². The summed E-state index contributed by atoms with van der Waals surface area (Å²) in [5.74, 6) is -1.53. The van der Waals surface area contributed by atoms with Crippen LogP contribution in [0.25, 0.3) is 0 Å². The SMILES string of the molecule is O=C(O)c1cc(NCCCc2ccc(C(F)(F)F)cc2)ccc1O. The van der Waals surface area contributed by atoms with Crippen LogP contribution in [-0.2, 0) is 12.6 Å². The number of aromatic hydroxyl groups is 1. The molecule has 7 heteroatoms. The van der Waals surface area contributed by atoms with Crippen LogP contribution in [0.3, 0.4) is 0 Å². The number of hydrogen-bond acceptors (Lipinski definition) is 3. The van der Waals surface area contributed by atoms with E-state index in [1.807, 2.05) is 0 Å². The highest BCUT2D eigenvalue weighted by Gasteiger charge is 2.29. The first-order chi connectivity index (χ1) is 11.3. The molecular weight excluding hydrogens is 323 g/mol. The molecule has 0 spiro atoms. The number of phenols is 1. The summed E-state index contributed by atoms with van der Waals surface area (Å²) in [7, 11) is 0. The molecule has 4 nitrogen and oxygen atoms in total. The summed E-state index contributed by atoms with van der Waals surface area (Å²) in [4.78, 5) is 10.9. The number of rotatable bonds is 6. The Labute approximate surface area is 136 Å². The number of carbonyl (C=O) groups is 1. The predicted molar refractivity (Wildman–Crippen MR) is 83.3 cm³/mol. The summed E-state index contributed by atoms with van der Waals surface area (Å²) in [5, 5.41) is 21.4. The molecule has 0 aromatic heterocycles.